The lowest BCUT2D eigenvalue weighted by molar-refractivity contribution is -0.00129. The number of alkyl halides is 2. The van der Waals surface area contributed by atoms with Gasteiger partial charge in [-0.2, -0.15) is 8.78 Å². The maximum Gasteiger partial charge on any atom is 0.285 e. The van der Waals surface area contributed by atoms with Crippen molar-refractivity contribution in [1.29, 1.82) is 0 Å². The van der Waals surface area contributed by atoms with Crippen LogP contribution in [0.1, 0.15) is 19.4 Å². The van der Waals surface area contributed by atoms with Crippen molar-refractivity contribution in [3.63, 3.8) is 0 Å². The SMILES string of the molecule is CNCC(F)(F)c1ccc(OC(C)C)cc1. The van der Waals surface area contributed by atoms with E-state index in [0.717, 1.165) is 0 Å². The minimum Gasteiger partial charge on any atom is -0.491 e. The molecule has 0 saturated carbocycles. The number of likely N-dealkylation sites (N-methyl/N-ethyl adjacent to an activating group) is 1. The van der Waals surface area contributed by atoms with E-state index >= 15 is 0 Å². The highest BCUT2D eigenvalue weighted by atomic mass is 19.3. The average molecular weight is 229 g/mol. The van der Waals surface area contributed by atoms with Gasteiger partial charge in [0.15, 0.2) is 0 Å². The molecule has 0 heterocycles. The molecule has 0 amide bonds. The van der Waals surface area contributed by atoms with Gasteiger partial charge >= 0.3 is 0 Å². The fraction of sp³-hybridized carbons (Fsp3) is 0.500. The Labute approximate surface area is 94.6 Å². The average Bonchev–Trinajstić information content (AvgIpc) is 2.17. The first-order valence-electron chi connectivity index (χ1n) is 5.25. The summed E-state index contributed by atoms with van der Waals surface area (Å²) in [4.78, 5) is 0. The third kappa shape index (κ3) is 3.45. The summed E-state index contributed by atoms with van der Waals surface area (Å²) in [5, 5.41) is 2.47. The van der Waals surface area contributed by atoms with Gasteiger partial charge in [0.2, 0.25) is 0 Å². The lowest BCUT2D eigenvalue weighted by Gasteiger charge is -2.17. The lowest BCUT2D eigenvalue weighted by atomic mass is 10.1. The predicted octanol–water partition coefficient (Wildman–Crippen LogP) is 2.79. The quantitative estimate of drug-likeness (QED) is 0.838. The van der Waals surface area contributed by atoms with Crippen LogP contribution in [-0.4, -0.2) is 19.7 Å². The Kier molecular flexibility index (Phi) is 4.24. The van der Waals surface area contributed by atoms with Crippen molar-refractivity contribution < 1.29 is 13.5 Å². The standard InChI is InChI=1S/C12H17F2NO/c1-9(2)16-11-6-4-10(5-7-11)12(13,14)8-15-3/h4-7,9,15H,8H2,1-3H3. The largest absolute Gasteiger partial charge is 0.491 e. The summed E-state index contributed by atoms with van der Waals surface area (Å²) in [6.45, 7) is 3.42. The fourth-order valence-electron chi connectivity index (χ4n) is 1.37. The zero-order valence-electron chi connectivity index (χ0n) is 9.76. The van der Waals surface area contributed by atoms with Gasteiger partial charge in [-0.05, 0) is 45.2 Å². The Bertz CT molecular complexity index is 322. The van der Waals surface area contributed by atoms with E-state index in [2.05, 4.69) is 5.32 Å². The van der Waals surface area contributed by atoms with E-state index in [-0.39, 0.29) is 18.2 Å². The molecule has 0 radical (unpaired) electrons. The third-order valence-electron chi connectivity index (χ3n) is 2.05. The van der Waals surface area contributed by atoms with Crippen LogP contribution in [0, 0.1) is 0 Å². The lowest BCUT2D eigenvalue weighted by Crippen LogP contribution is -2.27. The molecule has 0 aliphatic rings. The molecule has 4 heteroatoms. The molecule has 0 saturated heterocycles. The van der Waals surface area contributed by atoms with Crippen LogP contribution in [0.4, 0.5) is 8.78 Å². The van der Waals surface area contributed by atoms with Gasteiger partial charge in [0.1, 0.15) is 5.75 Å². The van der Waals surface area contributed by atoms with Crippen LogP contribution >= 0.6 is 0 Å². The highest BCUT2D eigenvalue weighted by molar-refractivity contribution is 5.30. The van der Waals surface area contributed by atoms with Gasteiger partial charge in [-0.1, -0.05) is 0 Å². The molecule has 0 atom stereocenters. The van der Waals surface area contributed by atoms with Crippen LogP contribution < -0.4 is 10.1 Å². The highest BCUT2D eigenvalue weighted by Crippen LogP contribution is 2.28. The normalized spacial score (nSPS) is 11.9. The summed E-state index contributed by atoms with van der Waals surface area (Å²) in [6.07, 6.45) is 0.0451. The predicted molar refractivity (Wildman–Crippen MR) is 60.0 cm³/mol. The molecule has 1 aromatic carbocycles. The number of hydrogen-bond donors (Lipinski definition) is 1. The van der Waals surface area contributed by atoms with Crippen LogP contribution in [0.2, 0.25) is 0 Å². The number of hydrogen-bond acceptors (Lipinski definition) is 2. The molecular weight excluding hydrogens is 212 g/mol. The summed E-state index contributed by atoms with van der Waals surface area (Å²) < 4.78 is 32.3. The molecule has 16 heavy (non-hydrogen) atoms. The number of ether oxygens (including phenoxy) is 1. The first-order chi connectivity index (χ1) is 7.45. The van der Waals surface area contributed by atoms with Crippen LogP contribution in [0.5, 0.6) is 5.75 Å². The summed E-state index contributed by atoms with van der Waals surface area (Å²) in [5.74, 6) is -2.23. The Hall–Kier alpha value is -1.16. The Morgan fingerprint density at radius 2 is 1.81 bits per heavy atom. The van der Waals surface area contributed by atoms with Crippen molar-refractivity contribution in [3.8, 4) is 5.75 Å². The highest BCUT2D eigenvalue weighted by Gasteiger charge is 2.30. The van der Waals surface area contributed by atoms with Crippen LogP contribution in [0.25, 0.3) is 0 Å². The van der Waals surface area contributed by atoms with Crippen molar-refractivity contribution in [2.45, 2.75) is 25.9 Å². The fourth-order valence-corrected chi connectivity index (χ4v) is 1.37. The van der Waals surface area contributed by atoms with Crippen LogP contribution in [-0.2, 0) is 5.92 Å². The van der Waals surface area contributed by atoms with Crippen molar-refractivity contribution >= 4 is 0 Å². The molecule has 0 unspecified atom stereocenters. The van der Waals surface area contributed by atoms with Crippen molar-refractivity contribution in [3.05, 3.63) is 29.8 Å². The first kappa shape index (κ1) is 12.9. The minimum absolute atomic E-state index is 0.00189. The molecular formula is C12H17F2NO. The summed E-state index contributed by atoms with van der Waals surface area (Å²) >= 11 is 0. The molecule has 0 fully saturated rings. The van der Waals surface area contributed by atoms with E-state index in [4.69, 9.17) is 4.74 Å². The van der Waals surface area contributed by atoms with E-state index in [1.165, 1.54) is 19.2 Å². The van der Waals surface area contributed by atoms with Gasteiger partial charge in [0.25, 0.3) is 5.92 Å². The van der Waals surface area contributed by atoms with Crippen molar-refractivity contribution in [2.24, 2.45) is 0 Å². The number of benzene rings is 1. The molecule has 90 valence electrons. The van der Waals surface area contributed by atoms with Crippen molar-refractivity contribution in [2.75, 3.05) is 13.6 Å². The molecule has 0 aromatic heterocycles. The van der Waals surface area contributed by atoms with E-state index in [0.29, 0.717) is 5.75 Å². The molecule has 0 aliphatic heterocycles. The number of rotatable bonds is 5. The molecule has 1 aromatic rings. The molecule has 2 nitrogen and oxygen atoms in total. The van der Waals surface area contributed by atoms with Gasteiger partial charge in [-0.15, -0.1) is 0 Å². The zero-order chi connectivity index (χ0) is 12.2. The van der Waals surface area contributed by atoms with Crippen molar-refractivity contribution in [1.82, 2.24) is 5.32 Å². The van der Waals surface area contributed by atoms with E-state index < -0.39 is 5.92 Å². The third-order valence-corrected chi connectivity index (χ3v) is 2.05. The Morgan fingerprint density at radius 1 is 1.25 bits per heavy atom. The number of halogens is 2. The van der Waals surface area contributed by atoms with Crippen LogP contribution in [0.15, 0.2) is 24.3 Å². The van der Waals surface area contributed by atoms with Gasteiger partial charge in [-0.25, -0.2) is 0 Å². The zero-order valence-corrected chi connectivity index (χ0v) is 9.76. The minimum atomic E-state index is -2.84. The van der Waals surface area contributed by atoms with Gasteiger partial charge < -0.3 is 10.1 Å². The van der Waals surface area contributed by atoms with E-state index in [1.54, 1.807) is 12.1 Å². The number of nitrogens with one attached hydrogen (secondary N) is 1. The molecule has 1 N–H and O–H groups in total. The van der Waals surface area contributed by atoms with Gasteiger partial charge in [0.05, 0.1) is 12.6 Å². The molecule has 0 aliphatic carbocycles. The van der Waals surface area contributed by atoms with Crippen LogP contribution in [0.3, 0.4) is 0 Å². The Balaban J connectivity index is 2.78. The van der Waals surface area contributed by atoms with Gasteiger partial charge in [-0.3, -0.25) is 0 Å². The summed E-state index contributed by atoms with van der Waals surface area (Å²) in [6, 6.07) is 5.93. The first-order valence-corrected chi connectivity index (χ1v) is 5.25. The monoisotopic (exact) mass is 229 g/mol. The summed E-state index contributed by atoms with van der Waals surface area (Å²) in [7, 11) is 1.50. The Morgan fingerprint density at radius 3 is 2.25 bits per heavy atom. The molecule has 0 spiro atoms. The second kappa shape index (κ2) is 5.25. The second-order valence-corrected chi connectivity index (χ2v) is 3.93. The van der Waals surface area contributed by atoms with Gasteiger partial charge in [0, 0.05) is 5.56 Å². The molecule has 0 bridgehead atoms. The van der Waals surface area contributed by atoms with E-state index in [1.807, 2.05) is 13.8 Å². The topological polar surface area (TPSA) is 21.3 Å². The summed E-state index contributed by atoms with van der Waals surface area (Å²) in [5.41, 5.74) is -0.00189. The maximum absolute atomic E-state index is 13.4. The maximum atomic E-state index is 13.4. The smallest absolute Gasteiger partial charge is 0.285 e. The van der Waals surface area contributed by atoms with E-state index in [9.17, 15) is 8.78 Å². The second-order valence-electron chi connectivity index (χ2n) is 3.93. The molecule has 1 rings (SSSR count).